The Hall–Kier alpha value is -3.77. The molecular weight excluding hydrogens is 456 g/mol. The topological polar surface area (TPSA) is 72.9 Å². The second-order valence-electron chi connectivity index (χ2n) is 9.63. The van der Waals surface area contributed by atoms with E-state index < -0.39 is 0 Å². The molecule has 1 fully saturated rings. The predicted molar refractivity (Wildman–Crippen MR) is 153 cm³/mol. The number of nitrogens with zero attached hydrogens (tertiary/aromatic N) is 5. The molecule has 0 amide bonds. The molecule has 1 saturated heterocycles. The number of anilines is 1. The average Bonchev–Trinajstić information content (AvgIpc) is 3.58. The smallest absolute Gasteiger partial charge is 0.165 e. The fraction of sp³-hybridized carbons (Fsp3) is 0.323. The van der Waals surface area contributed by atoms with Crippen molar-refractivity contribution in [3.05, 3.63) is 84.2 Å². The zero-order chi connectivity index (χ0) is 25.8. The van der Waals surface area contributed by atoms with Crippen molar-refractivity contribution in [2.75, 3.05) is 18.8 Å². The van der Waals surface area contributed by atoms with E-state index in [0.717, 1.165) is 52.5 Å². The maximum Gasteiger partial charge on any atom is 0.165 e. The van der Waals surface area contributed by atoms with Gasteiger partial charge < -0.3 is 5.73 Å². The lowest BCUT2D eigenvalue weighted by atomic mass is 9.97. The molecule has 6 rings (SSSR count). The third-order valence-corrected chi connectivity index (χ3v) is 6.99. The van der Waals surface area contributed by atoms with Crippen LogP contribution in [0.2, 0.25) is 0 Å². The Morgan fingerprint density at radius 3 is 2.46 bits per heavy atom. The molecule has 0 bridgehead atoms. The molecule has 2 aliphatic rings. The van der Waals surface area contributed by atoms with Crippen LogP contribution >= 0.6 is 0 Å². The Morgan fingerprint density at radius 2 is 1.76 bits per heavy atom. The molecule has 1 atom stereocenters. The van der Waals surface area contributed by atoms with Crippen LogP contribution in [0, 0.1) is 5.92 Å². The van der Waals surface area contributed by atoms with E-state index in [-0.39, 0.29) is 0 Å². The number of likely N-dealkylation sites (tertiary alicyclic amines) is 1. The molecule has 1 unspecified atom stereocenters. The van der Waals surface area contributed by atoms with Gasteiger partial charge >= 0.3 is 0 Å². The third kappa shape index (κ3) is 5.20. The second kappa shape index (κ2) is 11.1. The zero-order valence-electron chi connectivity index (χ0n) is 22.1. The summed E-state index contributed by atoms with van der Waals surface area (Å²) < 4.78 is 2.11. The van der Waals surface area contributed by atoms with Gasteiger partial charge in [0.1, 0.15) is 11.3 Å². The number of hydrogen-bond acceptors (Lipinski definition) is 5. The summed E-state index contributed by atoms with van der Waals surface area (Å²) >= 11 is 0. The van der Waals surface area contributed by atoms with Crippen LogP contribution in [-0.4, -0.2) is 37.5 Å². The third-order valence-electron chi connectivity index (χ3n) is 6.99. The summed E-state index contributed by atoms with van der Waals surface area (Å²) in [5, 5.41) is 0. The quantitative estimate of drug-likeness (QED) is 0.337. The molecule has 0 saturated carbocycles. The zero-order valence-corrected chi connectivity index (χ0v) is 22.1. The number of benzene rings is 1. The highest BCUT2D eigenvalue weighted by atomic mass is 15.1. The minimum atomic E-state index is 0.460. The minimum Gasteiger partial charge on any atom is -0.383 e. The molecule has 37 heavy (non-hydrogen) atoms. The van der Waals surface area contributed by atoms with E-state index in [9.17, 15) is 0 Å². The molecule has 4 heterocycles. The minimum absolute atomic E-state index is 0.460. The summed E-state index contributed by atoms with van der Waals surface area (Å²) in [6, 6.07) is 16.7. The Labute approximate surface area is 219 Å². The summed E-state index contributed by atoms with van der Waals surface area (Å²) in [6.07, 6.45) is 12.0. The fourth-order valence-corrected chi connectivity index (χ4v) is 5.02. The molecule has 4 aromatic rings. The number of fused-ring (bicyclic) bond motifs is 1. The normalized spacial score (nSPS) is 17.5. The first-order chi connectivity index (χ1) is 18.2. The average molecular weight is 493 g/mol. The summed E-state index contributed by atoms with van der Waals surface area (Å²) in [6.45, 7) is 9.60. The molecule has 1 aliphatic carbocycles. The largest absolute Gasteiger partial charge is 0.383 e. The van der Waals surface area contributed by atoms with Gasteiger partial charge in [-0.15, -0.1) is 0 Å². The van der Waals surface area contributed by atoms with E-state index >= 15 is 0 Å². The highest BCUT2D eigenvalue weighted by Gasteiger charge is 2.19. The van der Waals surface area contributed by atoms with Crippen molar-refractivity contribution in [2.24, 2.45) is 5.92 Å². The van der Waals surface area contributed by atoms with Gasteiger partial charge in [-0.2, -0.15) is 0 Å². The number of pyridine rings is 2. The summed E-state index contributed by atoms with van der Waals surface area (Å²) in [5.41, 5.74) is 13.2. The first kappa shape index (κ1) is 24.9. The summed E-state index contributed by atoms with van der Waals surface area (Å²) in [4.78, 5) is 16.9. The van der Waals surface area contributed by atoms with E-state index in [1.54, 1.807) is 6.20 Å². The van der Waals surface area contributed by atoms with Crippen molar-refractivity contribution < 1.29 is 0 Å². The van der Waals surface area contributed by atoms with E-state index in [4.69, 9.17) is 15.7 Å². The monoisotopic (exact) mass is 492 g/mol. The number of aromatic nitrogens is 4. The SMILES string of the molecule is CC.CC1C=CC(c2ccc3nc(-c4cccnc4N)n(-c4ccc(CN5CCCC5)cc4)c3n2)=CC1. The van der Waals surface area contributed by atoms with Crippen LogP contribution in [0.25, 0.3) is 33.8 Å². The van der Waals surface area contributed by atoms with Gasteiger partial charge in [-0.1, -0.05) is 51.1 Å². The molecule has 190 valence electrons. The van der Waals surface area contributed by atoms with Crippen LogP contribution in [0.5, 0.6) is 0 Å². The Balaban J connectivity index is 0.00000137. The molecule has 1 aromatic carbocycles. The molecular formula is C31H36N6. The molecule has 0 radical (unpaired) electrons. The molecule has 6 heteroatoms. The van der Waals surface area contributed by atoms with Gasteiger partial charge in [0.15, 0.2) is 11.5 Å². The van der Waals surface area contributed by atoms with Gasteiger partial charge in [0, 0.05) is 18.4 Å². The van der Waals surface area contributed by atoms with Gasteiger partial charge in [-0.25, -0.2) is 15.0 Å². The van der Waals surface area contributed by atoms with Crippen molar-refractivity contribution >= 4 is 22.6 Å². The fourth-order valence-electron chi connectivity index (χ4n) is 5.02. The number of allylic oxidation sites excluding steroid dienone is 4. The Kier molecular flexibility index (Phi) is 7.47. The highest BCUT2D eigenvalue weighted by Crippen LogP contribution is 2.32. The van der Waals surface area contributed by atoms with Crippen LogP contribution in [0.1, 0.15) is 51.3 Å². The molecule has 1 aliphatic heterocycles. The van der Waals surface area contributed by atoms with Crippen LogP contribution in [0.3, 0.4) is 0 Å². The van der Waals surface area contributed by atoms with Crippen molar-refractivity contribution in [2.45, 2.75) is 46.6 Å². The highest BCUT2D eigenvalue weighted by molar-refractivity contribution is 5.85. The summed E-state index contributed by atoms with van der Waals surface area (Å²) in [7, 11) is 0. The van der Waals surface area contributed by atoms with Crippen molar-refractivity contribution in [3.8, 4) is 17.1 Å². The molecule has 0 spiro atoms. The second-order valence-corrected chi connectivity index (χ2v) is 9.63. The molecule has 3 aromatic heterocycles. The van der Waals surface area contributed by atoms with E-state index in [1.807, 2.05) is 26.0 Å². The Morgan fingerprint density at radius 1 is 0.973 bits per heavy atom. The number of nitrogen functional groups attached to an aromatic ring is 1. The van der Waals surface area contributed by atoms with Gasteiger partial charge in [0.25, 0.3) is 0 Å². The van der Waals surface area contributed by atoms with Crippen molar-refractivity contribution in [1.82, 2.24) is 24.4 Å². The number of imidazole rings is 1. The lowest BCUT2D eigenvalue weighted by molar-refractivity contribution is 0.331. The van der Waals surface area contributed by atoms with Crippen LogP contribution < -0.4 is 5.73 Å². The van der Waals surface area contributed by atoms with Crippen molar-refractivity contribution in [3.63, 3.8) is 0 Å². The summed E-state index contributed by atoms with van der Waals surface area (Å²) in [5.74, 6) is 1.78. The first-order valence-electron chi connectivity index (χ1n) is 13.5. The van der Waals surface area contributed by atoms with E-state index in [0.29, 0.717) is 11.7 Å². The number of nitrogens with two attached hydrogens (primary N) is 1. The van der Waals surface area contributed by atoms with Crippen LogP contribution in [0.15, 0.2) is 73.0 Å². The lowest BCUT2D eigenvalue weighted by Gasteiger charge is -2.16. The number of hydrogen-bond donors (Lipinski definition) is 1. The molecule has 2 N–H and O–H groups in total. The van der Waals surface area contributed by atoms with Crippen LogP contribution in [0.4, 0.5) is 5.82 Å². The maximum atomic E-state index is 6.29. The standard InChI is InChI=1S/C29H30N6.C2H6/c1-20-6-10-22(11-7-20)25-14-15-26-29(32-25)35(28(33-26)24-5-4-16-31-27(24)30)23-12-8-21(9-13-23)19-34-17-2-3-18-34;1-2/h4-6,8-16,20H,2-3,7,17-19H2,1H3,(H2,30,31);1-2H3. The predicted octanol–water partition coefficient (Wildman–Crippen LogP) is 6.67. The maximum absolute atomic E-state index is 6.29. The van der Waals surface area contributed by atoms with Gasteiger partial charge in [0.05, 0.1) is 11.3 Å². The lowest BCUT2D eigenvalue weighted by Crippen LogP contribution is -2.18. The van der Waals surface area contributed by atoms with Crippen LogP contribution in [-0.2, 0) is 6.54 Å². The van der Waals surface area contributed by atoms with E-state index in [2.05, 4.69) is 76.0 Å². The number of rotatable bonds is 5. The first-order valence-corrected chi connectivity index (χ1v) is 13.5. The van der Waals surface area contributed by atoms with Gasteiger partial charge in [0.2, 0.25) is 0 Å². The van der Waals surface area contributed by atoms with Gasteiger partial charge in [-0.05, 0) is 85.8 Å². The van der Waals surface area contributed by atoms with E-state index in [1.165, 1.54) is 31.5 Å². The molecule has 6 nitrogen and oxygen atoms in total. The van der Waals surface area contributed by atoms with Crippen molar-refractivity contribution in [1.29, 1.82) is 0 Å². The Bertz CT molecular complexity index is 1420. The van der Waals surface area contributed by atoms with Gasteiger partial charge in [-0.3, -0.25) is 9.47 Å².